The number of hydrogen-bond acceptors (Lipinski definition) is 3. The van der Waals surface area contributed by atoms with Crippen LogP contribution in [-0.2, 0) is 4.79 Å². The van der Waals surface area contributed by atoms with Crippen LogP contribution < -0.4 is 10.6 Å². The maximum Gasteiger partial charge on any atom is 0.238 e. The van der Waals surface area contributed by atoms with E-state index in [0.717, 1.165) is 25.3 Å². The molecule has 1 aliphatic heterocycles. The van der Waals surface area contributed by atoms with Gasteiger partial charge in [0.25, 0.3) is 0 Å². The third kappa shape index (κ3) is 4.99. The molecule has 1 aromatic rings. The standard InChI is InChI=1S/C13H18ClN3O.ClH/c1-10-8-15-6-7-17(10)9-13(18)16-12-4-2-11(14)3-5-12;/h2-5,10,15H,6-9H2,1H3,(H,16,18);1H/t10-;/m1./s1. The Kier molecular flexibility index (Phi) is 6.58. The van der Waals surface area contributed by atoms with Crippen LogP contribution >= 0.6 is 24.0 Å². The topological polar surface area (TPSA) is 44.4 Å². The molecule has 0 spiro atoms. The van der Waals surface area contributed by atoms with Crippen LogP contribution in [0.1, 0.15) is 6.92 Å². The van der Waals surface area contributed by atoms with E-state index < -0.39 is 0 Å². The van der Waals surface area contributed by atoms with Gasteiger partial charge in [0.05, 0.1) is 6.54 Å². The van der Waals surface area contributed by atoms with Gasteiger partial charge < -0.3 is 10.6 Å². The van der Waals surface area contributed by atoms with Crippen molar-refractivity contribution in [1.29, 1.82) is 0 Å². The second-order valence-electron chi connectivity index (χ2n) is 4.58. The average molecular weight is 304 g/mol. The van der Waals surface area contributed by atoms with E-state index in [1.165, 1.54) is 0 Å². The first kappa shape index (κ1) is 16.2. The number of anilines is 1. The molecule has 4 nitrogen and oxygen atoms in total. The quantitative estimate of drug-likeness (QED) is 0.897. The number of halogens is 2. The lowest BCUT2D eigenvalue weighted by molar-refractivity contribution is -0.118. The summed E-state index contributed by atoms with van der Waals surface area (Å²) in [5.41, 5.74) is 0.784. The molecule has 1 aliphatic rings. The van der Waals surface area contributed by atoms with E-state index in [0.29, 0.717) is 17.6 Å². The fourth-order valence-corrected chi connectivity index (χ4v) is 2.16. The second-order valence-corrected chi connectivity index (χ2v) is 5.02. The molecule has 106 valence electrons. The minimum Gasteiger partial charge on any atom is -0.325 e. The van der Waals surface area contributed by atoms with Crippen LogP contribution in [-0.4, -0.2) is 43.0 Å². The van der Waals surface area contributed by atoms with E-state index in [1.807, 2.05) is 0 Å². The molecule has 1 fully saturated rings. The van der Waals surface area contributed by atoms with Crippen LogP contribution in [0.15, 0.2) is 24.3 Å². The summed E-state index contributed by atoms with van der Waals surface area (Å²) in [6, 6.07) is 7.55. The molecular weight excluding hydrogens is 285 g/mol. The summed E-state index contributed by atoms with van der Waals surface area (Å²) in [6.07, 6.45) is 0. The lowest BCUT2D eigenvalue weighted by atomic mass is 10.2. The molecule has 1 atom stereocenters. The summed E-state index contributed by atoms with van der Waals surface area (Å²) < 4.78 is 0. The van der Waals surface area contributed by atoms with Crippen molar-refractivity contribution >= 4 is 35.6 Å². The van der Waals surface area contributed by atoms with Crippen LogP contribution in [0.4, 0.5) is 5.69 Å². The summed E-state index contributed by atoms with van der Waals surface area (Å²) in [5.74, 6) is 0.0195. The number of carbonyl (C=O) groups is 1. The van der Waals surface area contributed by atoms with Crippen molar-refractivity contribution in [2.45, 2.75) is 13.0 Å². The zero-order valence-corrected chi connectivity index (χ0v) is 12.4. The molecule has 19 heavy (non-hydrogen) atoms. The Morgan fingerprint density at radius 2 is 2.16 bits per heavy atom. The van der Waals surface area contributed by atoms with Crippen molar-refractivity contribution in [1.82, 2.24) is 10.2 Å². The highest BCUT2D eigenvalue weighted by atomic mass is 35.5. The Bertz CT molecular complexity index is 411. The summed E-state index contributed by atoms with van der Waals surface area (Å²) in [6.45, 7) is 5.36. The van der Waals surface area contributed by atoms with Gasteiger partial charge in [-0.2, -0.15) is 0 Å². The van der Waals surface area contributed by atoms with Crippen LogP contribution in [0.25, 0.3) is 0 Å². The largest absolute Gasteiger partial charge is 0.325 e. The van der Waals surface area contributed by atoms with E-state index in [2.05, 4.69) is 22.5 Å². The zero-order valence-electron chi connectivity index (χ0n) is 10.9. The first-order valence-electron chi connectivity index (χ1n) is 6.15. The van der Waals surface area contributed by atoms with Gasteiger partial charge in [0, 0.05) is 36.4 Å². The molecule has 1 saturated heterocycles. The van der Waals surface area contributed by atoms with Crippen LogP contribution in [0.3, 0.4) is 0 Å². The highest BCUT2D eigenvalue weighted by Gasteiger charge is 2.20. The van der Waals surface area contributed by atoms with E-state index in [9.17, 15) is 4.79 Å². The highest BCUT2D eigenvalue weighted by Crippen LogP contribution is 2.13. The Morgan fingerprint density at radius 1 is 1.47 bits per heavy atom. The van der Waals surface area contributed by atoms with Crippen molar-refractivity contribution < 1.29 is 4.79 Å². The second kappa shape index (κ2) is 7.70. The number of benzene rings is 1. The maximum atomic E-state index is 11.9. The smallest absolute Gasteiger partial charge is 0.238 e. The van der Waals surface area contributed by atoms with Gasteiger partial charge >= 0.3 is 0 Å². The third-order valence-corrected chi connectivity index (χ3v) is 3.37. The molecule has 0 aliphatic carbocycles. The van der Waals surface area contributed by atoms with Crippen LogP contribution in [0, 0.1) is 0 Å². The van der Waals surface area contributed by atoms with Crippen molar-refractivity contribution in [3.63, 3.8) is 0 Å². The van der Waals surface area contributed by atoms with Crippen molar-refractivity contribution in [2.24, 2.45) is 0 Å². The lowest BCUT2D eigenvalue weighted by Gasteiger charge is -2.33. The summed E-state index contributed by atoms with van der Waals surface area (Å²) in [7, 11) is 0. The predicted octanol–water partition coefficient (Wildman–Crippen LogP) is 1.99. The fraction of sp³-hybridized carbons (Fsp3) is 0.462. The first-order valence-corrected chi connectivity index (χ1v) is 6.53. The molecule has 2 N–H and O–H groups in total. The molecule has 0 radical (unpaired) electrons. The van der Waals surface area contributed by atoms with E-state index >= 15 is 0 Å². The van der Waals surface area contributed by atoms with Gasteiger partial charge in [0.1, 0.15) is 0 Å². The van der Waals surface area contributed by atoms with Gasteiger partial charge in [0.15, 0.2) is 0 Å². The Balaban J connectivity index is 0.00000180. The van der Waals surface area contributed by atoms with Gasteiger partial charge in [-0.05, 0) is 31.2 Å². The first-order chi connectivity index (χ1) is 8.65. The molecular formula is C13H19Cl2N3O. The van der Waals surface area contributed by atoms with Crippen LogP contribution in [0.2, 0.25) is 5.02 Å². The SMILES string of the molecule is C[C@@H]1CNCCN1CC(=O)Nc1ccc(Cl)cc1.Cl. The molecule has 1 aromatic carbocycles. The number of nitrogens with zero attached hydrogens (tertiary/aromatic N) is 1. The zero-order chi connectivity index (χ0) is 13.0. The minimum atomic E-state index is 0. The number of carbonyl (C=O) groups excluding carboxylic acids is 1. The predicted molar refractivity (Wildman–Crippen MR) is 81.2 cm³/mol. The Hall–Kier alpha value is -0.810. The normalized spacial score (nSPS) is 19.6. The lowest BCUT2D eigenvalue weighted by Crippen LogP contribution is -2.51. The molecule has 0 unspecified atom stereocenters. The Labute approximate surface area is 124 Å². The van der Waals surface area contributed by atoms with Crippen molar-refractivity contribution in [3.05, 3.63) is 29.3 Å². The Morgan fingerprint density at radius 3 is 2.79 bits per heavy atom. The van der Waals surface area contributed by atoms with E-state index in [-0.39, 0.29) is 18.3 Å². The van der Waals surface area contributed by atoms with Gasteiger partial charge in [-0.3, -0.25) is 9.69 Å². The number of amides is 1. The van der Waals surface area contributed by atoms with Gasteiger partial charge in [-0.15, -0.1) is 12.4 Å². The summed E-state index contributed by atoms with van der Waals surface area (Å²) in [5, 5.41) is 6.85. The molecule has 1 amide bonds. The van der Waals surface area contributed by atoms with Crippen LogP contribution in [0.5, 0.6) is 0 Å². The van der Waals surface area contributed by atoms with Gasteiger partial charge in [-0.25, -0.2) is 0 Å². The monoisotopic (exact) mass is 303 g/mol. The molecule has 2 rings (SSSR count). The number of hydrogen-bond donors (Lipinski definition) is 2. The number of rotatable bonds is 3. The number of nitrogens with one attached hydrogen (secondary N) is 2. The van der Waals surface area contributed by atoms with Crippen molar-refractivity contribution in [3.8, 4) is 0 Å². The molecule has 1 heterocycles. The summed E-state index contributed by atoms with van der Waals surface area (Å²) >= 11 is 5.80. The molecule has 0 saturated carbocycles. The maximum absolute atomic E-state index is 11.9. The van der Waals surface area contributed by atoms with Gasteiger partial charge in [0.2, 0.25) is 5.91 Å². The minimum absolute atomic E-state index is 0. The average Bonchev–Trinajstić information content (AvgIpc) is 2.35. The summed E-state index contributed by atoms with van der Waals surface area (Å²) in [4.78, 5) is 14.1. The highest BCUT2D eigenvalue weighted by molar-refractivity contribution is 6.30. The van der Waals surface area contributed by atoms with E-state index in [1.54, 1.807) is 24.3 Å². The molecule has 0 aromatic heterocycles. The van der Waals surface area contributed by atoms with E-state index in [4.69, 9.17) is 11.6 Å². The van der Waals surface area contributed by atoms with Crippen molar-refractivity contribution in [2.75, 3.05) is 31.5 Å². The third-order valence-electron chi connectivity index (χ3n) is 3.11. The van der Waals surface area contributed by atoms with Gasteiger partial charge in [-0.1, -0.05) is 11.6 Å². The fourth-order valence-electron chi connectivity index (χ4n) is 2.04. The molecule has 6 heteroatoms. The molecule has 0 bridgehead atoms. The number of piperazine rings is 1.